The fraction of sp³-hybridized carbons (Fsp3) is 0.286. The van der Waals surface area contributed by atoms with E-state index in [4.69, 9.17) is 0 Å². The van der Waals surface area contributed by atoms with Gasteiger partial charge in [0.1, 0.15) is 0 Å². The maximum Gasteiger partial charge on any atom is 0.224 e. The van der Waals surface area contributed by atoms with Crippen molar-refractivity contribution in [1.82, 2.24) is 5.32 Å². The zero-order valence-electron chi connectivity index (χ0n) is 22.5. The molecule has 0 bridgehead atoms. The SMILES string of the molecule is O=C(N[C@@H](CO)c1ccccc1)[C@H]1CCCC[C@@H]1c1ccc(CN(Cc2ccccc2)c2ccccc2)cc1. The average molecular weight is 519 g/mol. The predicted octanol–water partition coefficient (Wildman–Crippen LogP) is 7.02. The number of carbonyl (C=O) groups is 1. The molecule has 0 heterocycles. The summed E-state index contributed by atoms with van der Waals surface area (Å²) in [4.78, 5) is 15.8. The molecule has 5 rings (SSSR count). The Morgan fingerprint density at radius 2 is 1.31 bits per heavy atom. The number of amides is 1. The van der Waals surface area contributed by atoms with Gasteiger partial charge in [0.15, 0.2) is 0 Å². The van der Waals surface area contributed by atoms with Crippen LogP contribution in [0.5, 0.6) is 0 Å². The lowest BCUT2D eigenvalue weighted by Gasteiger charge is -2.32. The summed E-state index contributed by atoms with van der Waals surface area (Å²) in [6.45, 7) is 1.54. The summed E-state index contributed by atoms with van der Waals surface area (Å²) >= 11 is 0. The molecule has 2 N–H and O–H groups in total. The third kappa shape index (κ3) is 6.96. The fourth-order valence-electron chi connectivity index (χ4n) is 5.81. The van der Waals surface area contributed by atoms with E-state index in [2.05, 4.69) is 95.1 Å². The largest absolute Gasteiger partial charge is 0.394 e. The molecule has 0 unspecified atom stereocenters. The molecule has 200 valence electrons. The normalized spacial score (nSPS) is 17.8. The van der Waals surface area contributed by atoms with Crippen LogP contribution in [0.3, 0.4) is 0 Å². The molecule has 0 aromatic heterocycles. The first-order valence-electron chi connectivity index (χ1n) is 14.1. The average Bonchev–Trinajstić information content (AvgIpc) is 3.01. The second kappa shape index (κ2) is 13.3. The highest BCUT2D eigenvalue weighted by Gasteiger charge is 2.33. The number of carbonyl (C=O) groups excluding carboxylic acids is 1. The number of para-hydroxylation sites is 1. The summed E-state index contributed by atoms with van der Waals surface area (Å²) in [5.41, 5.74) is 5.90. The van der Waals surface area contributed by atoms with E-state index in [-0.39, 0.29) is 30.4 Å². The van der Waals surface area contributed by atoms with Gasteiger partial charge in [0, 0.05) is 24.7 Å². The number of hydrogen-bond donors (Lipinski definition) is 2. The van der Waals surface area contributed by atoms with E-state index in [1.165, 1.54) is 22.4 Å². The molecule has 4 heteroatoms. The molecular formula is C35H38N2O2. The van der Waals surface area contributed by atoms with E-state index in [9.17, 15) is 9.90 Å². The maximum absolute atomic E-state index is 13.4. The topological polar surface area (TPSA) is 52.6 Å². The molecule has 1 saturated carbocycles. The van der Waals surface area contributed by atoms with Crippen molar-refractivity contribution in [2.45, 2.75) is 50.7 Å². The summed E-state index contributed by atoms with van der Waals surface area (Å²) in [7, 11) is 0. The molecule has 0 saturated heterocycles. The molecule has 4 aromatic rings. The Hall–Kier alpha value is -3.89. The minimum atomic E-state index is -0.378. The van der Waals surface area contributed by atoms with Gasteiger partial charge in [-0.3, -0.25) is 4.79 Å². The molecule has 1 aliphatic carbocycles. The number of hydrogen-bond acceptors (Lipinski definition) is 3. The number of rotatable bonds is 10. The molecule has 1 fully saturated rings. The first-order chi connectivity index (χ1) is 19.2. The molecule has 1 aliphatic rings. The summed E-state index contributed by atoms with van der Waals surface area (Å²) in [6, 6.07) is 39.4. The Balaban J connectivity index is 1.29. The standard InChI is InChI=1S/C35H38N2O2/c38-26-34(30-14-6-2-7-15-30)36-35(39)33-19-11-10-18-32(33)29-22-20-28(21-23-29)25-37(31-16-8-3-9-17-31)24-27-12-4-1-5-13-27/h1-9,12-17,20-23,32-34,38H,10-11,18-19,24-26H2,(H,36,39)/t32-,33+,34+/m1/s1. The summed E-state index contributed by atoms with van der Waals surface area (Å²) in [6.07, 6.45) is 4.09. The van der Waals surface area contributed by atoms with Crippen LogP contribution < -0.4 is 10.2 Å². The van der Waals surface area contributed by atoms with Crippen molar-refractivity contribution in [1.29, 1.82) is 0 Å². The van der Waals surface area contributed by atoms with Gasteiger partial charge in [0.05, 0.1) is 12.6 Å². The van der Waals surface area contributed by atoms with Crippen molar-refractivity contribution < 1.29 is 9.90 Å². The number of nitrogens with one attached hydrogen (secondary N) is 1. The van der Waals surface area contributed by atoms with Crippen LogP contribution in [-0.4, -0.2) is 17.6 Å². The van der Waals surface area contributed by atoms with E-state index < -0.39 is 0 Å². The molecule has 1 amide bonds. The Morgan fingerprint density at radius 3 is 1.95 bits per heavy atom. The fourth-order valence-corrected chi connectivity index (χ4v) is 5.81. The molecular weight excluding hydrogens is 480 g/mol. The Kier molecular flexibility index (Phi) is 9.08. The second-order valence-corrected chi connectivity index (χ2v) is 10.6. The van der Waals surface area contributed by atoms with Gasteiger partial charge < -0.3 is 15.3 Å². The lowest BCUT2D eigenvalue weighted by Crippen LogP contribution is -2.39. The minimum absolute atomic E-state index is 0.0461. The zero-order chi connectivity index (χ0) is 26.9. The summed E-state index contributed by atoms with van der Waals surface area (Å²) in [5.74, 6) is 0.156. The monoisotopic (exact) mass is 518 g/mol. The van der Waals surface area contributed by atoms with Crippen LogP contribution in [-0.2, 0) is 17.9 Å². The molecule has 4 nitrogen and oxygen atoms in total. The molecule has 3 atom stereocenters. The van der Waals surface area contributed by atoms with Crippen LogP contribution in [0.25, 0.3) is 0 Å². The maximum atomic E-state index is 13.4. The van der Waals surface area contributed by atoms with Gasteiger partial charge in [-0.1, -0.05) is 116 Å². The van der Waals surface area contributed by atoms with E-state index in [1.807, 2.05) is 30.3 Å². The zero-order valence-corrected chi connectivity index (χ0v) is 22.5. The quantitative estimate of drug-likeness (QED) is 0.237. The van der Waals surface area contributed by atoms with Crippen molar-refractivity contribution in [2.24, 2.45) is 5.92 Å². The van der Waals surface area contributed by atoms with Gasteiger partial charge in [0.2, 0.25) is 5.91 Å². The first kappa shape index (κ1) is 26.7. The van der Waals surface area contributed by atoms with E-state index >= 15 is 0 Å². The smallest absolute Gasteiger partial charge is 0.224 e. The second-order valence-electron chi connectivity index (χ2n) is 10.6. The van der Waals surface area contributed by atoms with Crippen molar-refractivity contribution in [3.63, 3.8) is 0 Å². The van der Waals surface area contributed by atoms with Crippen LogP contribution in [0.2, 0.25) is 0 Å². The van der Waals surface area contributed by atoms with E-state index in [0.717, 1.165) is 44.3 Å². The summed E-state index contributed by atoms with van der Waals surface area (Å²) in [5, 5.41) is 13.1. The highest BCUT2D eigenvalue weighted by Crippen LogP contribution is 2.38. The van der Waals surface area contributed by atoms with Gasteiger partial charge in [-0.15, -0.1) is 0 Å². The van der Waals surface area contributed by atoms with Gasteiger partial charge >= 0.3 is 0 Å². The number of benzene rings is 4. The highest BCUT2D eigenvalue weighted by atomic mass is 16.3. The molecule has 0 spiro atoms. The molecule has 39 heavy (non-hydrogen) atoms. The van der Waals surface area contributed by atoms with Crippen LogP contribution >= 0.6 is 0 Å². The minimum Gasteiger partial charge on any atom is -0.394 e. The van der Waals surface area contributed by atoms with Crippen LogP contribution in [0, 0.1) is 5.92 Å². The molecule has 4 aromatic carbocycles. The van der Waals surface area contributed by atoms with E-state index in [1.54, 1.807) is 0 Å². The van der Waals surface area contributed by atoms with Gasteiger partial charge in [-0.25, -0.2) is 0 Å². The number of nitrogens with zero attached hydrogens (tertiary/aromatic N) is 1. The van der Waals surface area contributed by atoms with Gasteiger partial charge in [0.25, 0.3) is 0 Å². The van der Waals surface area contributed by atoms with Crippen molar-refractivity contribution in [2.75, 3.05) is 11.5 Å². The molecule has 0 radical (unpaired) electrons. The Bertz CT molecular complexity index is 1290. The van der Waals surface area contributed by atoms with Crippen LogP contribution in [0.1, 0.15) is 59.9 Å². The van der Waals surface area contributed by atoms with Gasteiger partial charge in [-0.2, -0.15) is 0 Å². The predicted molar refractivity (Wildman–Crippen MR) is 158 cm³/mol. The van der Waals surface area contributed by atoms with E-state index in [0.29, 0.717) is 0 Å². The number of anilines is 1. The first-order valence-corrected chi connectivity index (χ1v) is 14.1. The highest BCUT2D eigenvalue weighted by molar-refractivity contribution is 5.80. The van der Waals surface area contributed by atoms with Gasteiger partial charge in [-0.05, 0) is 53.1 Å². The lowest BCUT2D eigenvalue weighted by molar-refractivity contribution is -0.127. The lowest BCUT2D eigenvalue weighted by atomic mass is 9.74. The van der Waals surface area contributed by atoms with Crippen LogP contribution in [0.15, 0.2) is 115 Å². The van der Waals surface area contributed by atoms with Crippen molar-refractivity contribution in [3.05, 3.63) is 138 Å². The Morgan fingerprint density at radius 1 is 0.744 bits per heavy atom. The van der Waals surface area contributed by atoms with Crippen molar-refractivity contribution >= 4 is 11.6 Å². The number of aliphatic hydroxyl groups excluding tert-OH is 1. The Labute approximate surface area is 232 Å². The number of aliphatic hydroxyl groups is 1. The molecule has 0 aliphatic heterocycles. The van der Waals surface area contributed by atoms with Crippen LogP contribution in [0.4, 0.5) is 5.69 Å². The summed E-state index contributed by atoms with van der Waals surface area (Å²) < 4.78 is 0. The third-order valence-electron chi connectivity index (χ3n) is 7.92. The third-order valence-corrected chi connectivity index (χ3v) is 7.92. The van der Waals surface area contributed by atoms with Crippen molar-refractivity contribution in [3.8, 4) is 0 Å².